The first kappa shape index (κ1) is 12.4. The molecular formula is C13H13N5O2. The van der Waals surface area contributed by atoms with Crippen molar-refractivity contribution in [2.24, 2.45) is 0 Å². The van der Waals surface area contributed by atoms with Crippen LogP contribution >= 0.6 is 0 Å². The lowest BCUT2D eigenvalue weighted by Crippen LogP contribution is -2.02. The molecule has 0 aliphatic heterocycles. The summed E-state index contributed by atoms with van der Waals surface area (Å²) in [6, 6.07) is 7.47. The number of aromatic nitrogens is 4. The van der Waals surface area contributed by atoms with Gasteiger partial charge in [-0.2, -0.15) is 9.97 Å². The molecule has 0 saturated carbocycles. The minimum absolute atomic E-state index is 0.0261. The Bertz CT molecular complexity index is 723. The third-order valence-corrected chi connectivity index (χ3v) is 2.85. The molecule has 2 aromatic heterocycles. The number of aliphatic hydroxyl groups is 1. The Morgan fingerprint density at radius 1 is 1.15 bits per heavy atom. The van der Waals surface area contributed by atoms with Crippen LogP contribution in [0.3, 0.4) is 0 Å². The van der Waals surface area contributed by atoms with Gasteiger partial charge in [0, 0.05) is 0 Å². The van der Waals surface area contributed by atoms with Gasteiger partial charge in [0.2, 0.25) is 11.8 Å². The number of H-pyrrole nitrogens is 1. The molecule has 0 amide bonds. The smallest absolute Gasteiger partial charge is 0.245 e. The van der Waals surface area contributed by atoms with E-state index in [1.54, 1.807) is 0 Å². The number of rotatable bonds is 4. The van der Waals surface area contributed by atoms with Crippen LogP contribution in [0.4, 0.5) is 5.95 Å². The lowest BCUT2D eigenvalue weighted by Gasteiger charge is -2.07. The minimum Gasteiger partial charge on any atom is -0.471 e. The van der Waals surface area contributed by atoms with Crippen molar-refractivity contribution in [3.63, 3.8) is 0 Å². The summed E-state index contributed by atoms with van der Waals surface area (Å²) >= 11 is 0. The van der Waals surface area contributed by atoms with Crippen LogP contribution in [-0.4, -0.2) is 25.0 Å². The van der Waals surface area contributed by atoms with Crippen molar-refractivity contribution in [2.45, 2.75) is 13.2 Å². The Morgan fingerprint density at radius 3 is 2.65 bits per heavy atom. The summed E-state index contributed by atoms with van der Waals surface area (Å²) < 4.78 is 5.65. The molecule has 4 N–H and O–H groups in total. The monoisotopic (exact) mass is 271 g/mol. The van der Waals surface area contributed by atoms with Crippen LogP contribution in [0.25, 0.3) is 11.2 Å². The van der Waals surface area contributed by atoms with E-state index in [-0.39, 0.29) is 12.6 Å². The molecule has 0 atom stereocenters. The highest BCUT2D eigenvalue weighted by atomic mass is 16.5. The second kappa shape index (κ2) is 5.14. The summed E-state index contributed by atoms with van der Waals surface area (Å²) in [5, 5.41) is 8.99. The number of hydrogen-bond acceptors (Lipinski definition) is 6. The Morgan fingerprint density at radius 2 is 1.90 bits per heavy atom. The second-order valence-corrected chi connectivity index (χ2v) is 4.25. The molecule has 0 aliphatic rings. The average Bonchev–Trinajstić information content (AvgIpc) is 2.93. The Labute approximate surface area is 114 Å². The Hall–Kier alpha value is -2.67. The summed E-state index contributed by atoms with van der Waals surface area (Å²) in [5.41, 5.74) is 8.52. The first-order valence-corrected chi connectivity index (χ1v) is 6.04. The molecule has 0 saturated heterocycles. The Balaban J connectivity index is 1.80. The van der Waals surface area contributed by atoms with Crippen LogP contribution in [0.5, 0.6) is 5.88 Å². The van der Waals surface area contributed by atoms with Crippen LogP contribution in [0.15, 0.2) is 30.6 Å². The third kappa shape index (κ3) is 2.39. The van der Waals surface area contributed by atoms with Gasteiger partial charge in [-0.3, -0.25) is 0 Å². The van der Waals surface area contributed by atoms with Gasteiger partial charge >= 0.3 is 0 Å². The van der Waals surface area contributed by atoms with E-state index in [4.69, 9.17) is 15.6 Å². The van der Waals surface area contributed by atoms with Gasteiger partial charge in [-0.05, 0) is 11.1 Å². The number of nitrogen functional groups attached to an aromatic ring is 1. The number of anilines is 1. The van der Waals surface area contributed by atoms with E-state index < -0.39 is 0 Å². The van der Waals surface area contributed by atoms with Crippen molar-refractivity contribution in [1.82, 2.24) is 19.9 Å². The molecule has 0 radical (unpaired) electrons. The molecule has 2 heterocycles. The lowest BCUT2D eigenvalue weighted by atomic mass is 10.1. The van der Waals surface area contributed by atoms with Crippen molar-refractivity contribution in [3.8, 4) is 5.88 Å². The van der Waals surface area contributed by atoms with Gasteiger partial charge in [0.25, 0.3) is 0 Å². The normalized spacial score (nSPS) is 10.8. The van der Waals surface area contributed by atoms with Gasteiger partial charge in [-0.15, -0.1) is 0 Å². The number of aromatic amines is 1. The standard InChI is InChI=1S/C13H13N5O2/c14-13-17-11-10(15-7-16-11)12(18-13)20-6-9-3-1-8(5-19)2-4-9/h1-4,7,19H,5-6H2,(H3,14,15,16,17,18). The maximum absolute atomic E-state index is 8.99. The van der Waals surface area contributed by atoms with Crippen molar-refractivity contribution in [2.75, 3.05) is 5.73 Å². The maximum atomic E-state index is 8.99. The van der Waals surface area contributed by atoms with E-state index in [2.05, 4.69) is 19.9 Å². The van der Waals surface area contributed by atoms with E-state index in [1.165, 1.54) is 6.33 Å². The van der Waals surface area contributed by atoms with E-state index in [0.29, 0.717) is 23.7 Å². The van der Waals surface area contributed by atoms with Crippen molar-refractivity contribution in [3.05, 3.63) is 41.7 Å². The SMILES string of the molecule is Nc1nc(OCc2ccc(CO)cc2)c2[nH]cnc2n1. The maximum Gasteiger partial charge on any atom is 0.245 e. The number of nitrogens with two attached hydrogens (primary N) is 1. The molecule has 0 unspecified atom stereocenters. The van der Waals surface area contributed by atoms with Crippen molar-refractivity contribution >= 4 is 17.1 Å². The van der Waals surface area contributed by atoms with Gasteiger partial charge in [0.15, 0.2) is 5.65 Å². The van der Waals surface area contributed by atoms with Crippen molar-refractivity contribution in [1.29, 1.82) is 0 Å². The zero-order valence-corrected chi connectivity index (χ0v) is 10.6. The highest BCUT2D eigenvalue weighted by Crippen LogP contribution is 2.20. The summed E-state index contributed by atoms with van der Waals surface area (Å²) in [7, 11) is 0. The van der Waals surface area contributed by atoms with Crippen LogP contribution < -0.4 is 10.5 Å². The van der Waals surface area contributed by atoms with Gasteiger partial charge in [-0.1, -0.05) is 24.3 Å². The molecule has 0 spiro atoms. The second-order valence-electron chi connectivity index (χ2n) is 4.25. The first-order valence-electron chi connectivity index (χ1n) is 6.04. The minimum atomic E-state index is 0.0261. The average molecular weight is 271 g/mol. The van der Waals surface area contributed by atoms with Crippen LogP contribution in [0.1, 0.15) is 11.1 Å². The number of fused-ring (bicyclic) bond motifs is 1. The molecule has 3 aromatic rings. The fourth-order valence-corrected chi connectivity index (χ4v) is 1.82. The number of hydrogen-bond donors (Lipinski definition) is 3. The molecule has 0 aliphatic carbocycles. The van der Waals surface area contributed by atoms with Crippen molar-refractivity contribution < 1.29 is 9.84 Å². The first-order chi connectivity index (χ1) is 9.76. The van der Waals surface area contributed by atoms with E-state index in [9.17, 15) is 0 Å². The largest absolute Gasteiger partial charge is 0.471 e. The summed E-state index contributed by atoms with van der Waals surface area (Å²) in [4.78, 5) is 15.0. The van der Waals surface area contributed by atoms with E-state index >= 15 is 0 Å². The molecule has 3 rings (SSSR count). The van der Waals surface area contributed by atoms with Crippen LogP contribution in [0, 0.1) is 0 Å². The van der Waals surface area contributed by atoms with Gasteiger partial charge in [-0.25, -0.2) is 4.98 Å². The zero-order valence-electron chi connectivity index (χ0n) is 10.6. The molecule has 0 fully saturated rings. The molecule has 7 nitrogen and oxygen atoms in total. The van der Waals surface area contributed by atoms with Crippen LogP contribution in [0.2, 0.25) is 0 Å². The number of benzene rings is 1. The highest BCUT2D eigenvalue weighted by molar-refractivity contribution is 5.76. The molecule has 7 heteroatoms. The number of nitrogens with one attached hydrogen (secondary N) is 1. The lowest BCUT2D eigenvalue weighted by molar-refractivity contribution is 0.281. The highest BCUT2D eigenvalue weighted by Gasteiger charge is 2.09. The molecule has 102 valence electrons. The molecular weight excluding hydrogens is 258 g/mol. The molecule has 1 aromatic carbocycles. The fourth-order valence-electron chi connectivity index (χ4n) is 1.82. The number of nitrogens with zero attached hydrogens (tertiary/aromatic N) is 3. The zero-order chi connectivity index (χ0) is 13.9. The van der Waals surface area contributed by atoms with Gasteiger partial charge in [0.1, 0.15) is 12.1 Å². The van der Waals surface area contributed by atoms with Crippen LogP contribution in [-0.2, 0) is 13.2 Å². The summed E-state index contributed by atoms with van der Waals surface area (Å²) in [6.45, 7) is 0.370. The quantitative estimate of drug-likeness (QED) is 0.653. The number of aliphatic hydroxyl groups excluding tert-OH is 1. The third-order valence-electron chi connectivity index (χ3n) is 2.85. The summed E-state index contributed by atoms with van der Waals surface area (Å²) in [5.74, 6) is 0.492. The number of imidazole rings is 1. The van der Waals surface area contributed by atoms with Gasteiger partial charge < -0.3 is 20.6 Å². The Kier molecular flexibility index (Phi) is 3.18. The molecule has 0 bridgehead atoms. The summed E-state index contributed by atoms with van der Waals surface area (Å²) in [6.07, 6.45) is 1.52. The fraction of sp³-hybridized carbons (Fsp3) is 0.154. The van der Waals surface area contributed by atoms with E-state index in [1.807, 2.05) is 24.3 Å². The van der Waals surface area contributed by atoms with Gasteiger partial charge in [0.05, 0.1) is 12.9 Å². The topological polar surface area (TPSA) is 110 Å². The predicted molar refractivity (Wildman–Crippen MR) is 72.8 cm³/mol. The number of ether oxygens (including phenoxy) is 1. The predicted octanol–water partition coefficient (Wildman–Crippen LogP) is 1.01. The molecule has 20 heavy (non-hydrogen) atoms. The van der Waals surface area contributed by atoms with E-state index in [0.717, 1.165) is 11.1 Å².